The van der Waals surface area contributed by atoms with Crippen molar-refractivity contribution in [3.63, 3.8) is 0 Å². The van der Waals surface area contributed by atoms with Crippen LogP contribution in [0.2, 0.25) is 0 Å². The van der Waals surface area contributed by atoms with E-state index < -0.39 is 0 Å². The fourth-order valence-electron chi connectivity index (χ4n) is 2.61. The van der Waals surface area contributed by atoms with Gasteiger partial charge in [0.1, 0.15) is 0 Å². The highest BCUT2D eigenvalue weighted by Crippen LogP contribution is 2.34. The normalized spacial score (nSPS) is 10.4. The SMILES string of the molecule is Cc1ccccc1-c1ccc(-c2ccccc2)c([N+](=O)[O-])c1. The lowest BCUT2D eigenvalue weighted by Crippen LogP contribution is -1.93. The van der Waals surface area contributed by atoms with E-state index in [1.54, 1.807) is 6.07 Å². The van der Waals surface area contributed by atoms with Crippen LogP contribution in [0.4, 0.5) is 5.69 Å². The van der Waals surface area contributed by atoms with Crippen LogP contribution in [0, 0.1) is 17.0 Å². The molecule has 0 saturated carbocycles. The van der Waals surface area contributed by atoms with Gasteiger partial charge in [-0.15, -0.1) is 0 Å². The van der Waals surface area contributed by atoms with Crippen LogP contribution in [-0.4, -0.2) is 4.92 Å². The number of aryl methyl sites for hydroxylation is 1. The van der Waals surface area contributed by atoms with Gasteiger partial charge < -0.3 is 0 Å². The molecule has 0 heterocycles. The Hall–Kier alpha value is -2.94. The molecular weight excluding hydrogens is 274 g/mol. The van der Waals surface area contributed by atoms with Gasteiger partial charge in [0.05, 0.1) is 10.5 Å². The van der Waals surface area contributed by atoms with Crippen molar-refractivity contribution in [3.05, 3.63) is 88.5 Å². The highest BCUT2D eigenvalue weighted by atomic mass is 16.6. The monoisotopic (exact) mass is 289 g/mol. The van der Waals surface area contributed by atoms with Gasteiger partial charge in [0.15, 0.2) is 0 Å². The maximum absolute atomic E-state index is 11.5. The third-order valence-corrected chi connectivity index (χ3v) is 3.74. The Morgan fingerprint density at radius 1 is 0.773 bits per heavy atom. The fraction of sp³-hybridized carbons (Fsp3) is 0.0526. The van der Waals surface area contributed by atoms with Crippen molar-refractivity contribution in [1.82, 2.24) is 0 Å². The van der Waals surface area contributed by atoms with Crippen LogP contribution in [0.3, 0.4) is 0 Å². The molecule has 0 saturated heterocycles. The van der Waals surface area contributed by atoms with Gasteiger partial charge in [-0.25, -0.2) is 0 Å². The summed E-state index contributed by atoms with van der Waals surface area (Å²) in [5.41, 5.74) is 4.61. The molecule has 0 aromatic heterocycles. The predicted octanol–water partition coefficient (Wildman–Crippen LogP) is 5.24. The predicted molar refractivity (Wildman–Crippen MR) is 88.7 cm³/mol. The number of nitrogens with zero attached hydrogens (tertiary/aromatic N) is 1. The highest BCUT2D eigenvalue weighted by molar-refractivity contribution is 5.79. The molecule has 3 aromatic carbocycles. The largest absolute Gasteiger partial charge is 0.277 e. The second-order valence-electron chi connectivity index (χ2n) is 5.17. The van der Waals surface area contributed by atoms with Gasteiger partial charge in [-0.05, 0) is 35.2 Å². The Labute approximate surface area is 129 Å². The van der Waals surface area contributed by atoms with E-state index in [1.807, 2.05) is 73.7 Å². The topological polar surface area (TPSA) is 43.1 Å². The molecule has 3 nitrogen and oxygen atoms in total. The van der Waals surface area contributed by atoms with Gasteiger partial charge in [-0.3, -0.25) is 10.1 Å². The second-order valence-corrected chi connectivity index (χ2v) is 5.17. The summed E-state index contributed by atoms with van der Waals surface area (Å²) in [6.45, 7) is 2.01. The molecule has 22 heavy (non-hydrogen) atoms. The summed E-state index contributed by atoms with van der Waals surface area (Å²) in [7, 11) is 0. The Morgan fingerprint density at radius 3 is 2.14 bits per heavy atom. The van der Waals surface area contributed by atoms with Gasteiger partial charge in [0.25, 0.3) is 5.69 Å². The average Bonchev–Trinajstić information content (AvgIpc) is 2.55. The van der Waals surface area contributed by atoms with Crippen LogP contribution < -0.4 is 0 Å². The first-order valence-corrected chi connectivity index (χ1v) is 7.06. The third kappa shape index (κ3) is 2.61. The molecule has 0 aliphatic carbocycles. The van der Waals surface area contributed by atoms with Crippen LogP contribution in [0.25, 0.3) is 22.3 Å². The lowest BCUT2D eigenvalue weighted by molar-refractivity contribution is -0.384. The maximum Gasteiger partial charge on any atom is 0.277 e. The molecule has 3 heteroatoms. The van der Waals surface area contributed by atoms with Gasteiger partial charge >= 0.3 is 0 Å². The van der Waals surface area contributed by atoms with Crippen LogP contribution in [0.15, 0.2) is 72.8 Å². The minimum Gasteiger partial charge on any atom is -0.258 e. The van der Waals surface area contributed by atoms with Crippen LogP contribution >= 0.6 is 0 Å². The van der Waals surface area contributed by atoms with E-state index in [4.69, 9.17) is 0 Å². The van der Waals surface area contributed by atoms with Crippen molar-refractivity contribution in [1.29, 1.82) is 0 Å². The zero-order valence-corrected chi connectivity index (χ0v) is 12.2. The molecule has 0 aliphatic heterocycles. The molecule has 0 amide bonds. The van der Waals surface area contributed by atoms with Crippen molar-refractivity contribution in [2.75, 3.05) is 0 Å². The Morgan fingerprint density at radius 2 is 1.45 bits per heavy atom. The number of nitro benzene ring substituents is 1. The summed E-state index contributed by atoms with van der Waals surface area (Å²) < 4.78 is 0. The minimum atomic E-state index is -0.315. The molecule has 0 radical (unpaired) electrons. The van der Waals surface area contributed by atoms with E-state index >= 15 is 0 Å². The smallest absolute Gasteiger partial charge is 0.258 e. The van der Waals surface area contributed by atoms with E-state index in [9.17, 15) is 10.1 Å². The molecule has 108 valence electrons. The molecule has 3 rings (SSSR count). The second kappa shape index (κ2) is 5.82. The fourth-order valence-corrected chi connectivity index (χ4v) is 2.61. The Kier molecular flexibility index (Phi) is 3.71. The zero-order chi connectivity index (χ0) is 15.5. The van der Waals surface area contributed by atoms with Crippen molar-refractivity contribution >= 4 is 5.69 Å². The number of hydrogen-bond acceptors (Lipinski definition) is 2. The molecule has 3 aromatic rings. The van der Waals surface area contributed by atoms with Crippen molar-refractivity contribution in [3.8, 4) is 22.3 Å². The summed E-state index contributed by atoms with van der Waals surface area (Å²) >= 11 is 0. The average molecular weight is 289 g/mol. The molecule has 0 aliphatic rings. The lowest BCUT2D eigenvalue weighted by Gasteiger charge is -2.08. The summed E-state index contributed by atoms with van der Waals surface area (Å²) in [5, 5.41) is 11.5. The maximum atomic E-state index is 11.5. The van der Waals surface area contributed by atoms with Crippen LogP contribution in [0.1, 0.15) is 5.56 Å². The van der Waals surface area contributed by atoms with E-state index in [1.165, 1.54) is 0 Å². The van der Waals surface area contributed by atoms with Crippen LogP contribution in [-0.2, 0) is 0 Å². The van der Waals surface area contributed by atoms with Gasteiger partial charge in [-0.1, -0.05) is 60.7 Å². The molecule has 0 bridgehead atoms. The number of benzene rings is 3. The summed E-state index contributed by atoms with van der Waals surface area (Å²) in [4.78, 5) is 11.2. The van der Waals surface area contributed by atoms with Gasteiger partial charge in [0.2, 0.25) is 0 Å². The van der Waals surface area contributed by atoms with E-state index in [-0.39, 0.29) is 10.6 Å². The van der Waals surface area contributed by atoms with Crippen molar-refractivity contribution < 1.29 is 4.92 Å². The quantitative estimate of drug-likeness (QED) is 0.489. The molecule has 0 N–H and O–H groups in total. The summed E-state index contributed by atoms with van der Waals surface area (Å²) in [6, 6.07) is 22.8. The third-order valence-electron chi connectivity index (χ3n) is 3.74. The minimum absolute atomic E-state index is 0.131. The lowest BCUT2D eigenvalue weighted by atomic mass is 9.96. The number of nitro groups is 1. The number of rotatable bonds is 3. The standard InChI is InChI=1S/C19H15NO2/c1-14-7-5-6-10-17(14)16-11-12-18(19(13-16)20(21)22)15-8-3-2-4-9-15/h2-13H,1H3. The van der Waals surface area contributed by atoms with Gasteiger partial charge in [-0.2, -0.15) is 0 Å². The Bertz CT molecular complexity index is 826. The zero-order valence-electron chi connectivity index (χ0n) is 12.2. The first-order chi connectivity index (χ1) is 10.7. The van der Waals surface area contributed by atoms with Crippen molar-refractivity contribution in [2.45, 2.75) is 6.92 Å². The molecule has 0 fully saturated rings. The molecule has 0 atom stereocenters. The molecule has 0 unspecified atom stereocenters. The van der Waals surface area contributed by atoms with Gasteiger partial charge in [0, 0.05) is 6.07 Å². The summed E-state index contributed by atoms with van der Waals surface area (Å²) in [6.07, 6.45) is 0. The van der Waals surface area contributed by atoms with Crippen molar-refractivity contribution in [2.24, 2.45) is 0 Å². The first kappa shape index (κ1) is 14.0. The summed E-state index contributed by atoms with van der Waals surface area (Å²) in [5.74, 6) is 0. The molecule has 0 spiro atoms. The molecular formula is C19H15NO2. The van der Waals surface area contributed by atoms with E-state index in [0.717, 1.165) is 22.3 Å². The Balaban J connectivity index is 2.17. The number of hydrogen-bond donors (Lipinski definition) is 0. The van der Waals surface area contributed by atoms with Crippen LogP contribution in [0.5, 0.6) is 0 Å². The van der Waals surface area contributed by atoms with E-state index in [2.05, 4.69) is 0 Å². The highest BCUT2D eigenvalue weighted by Gasteiger charge is 2.17. The van der Waals surface area contributed by atoms with E-state index in [0.29, 0.717) is 5.56 Å². The first-order valence-electron chi connectivity index (χ1n) is 7.06.